The first-order valence-electron chi connectivity index (χ1n) is 6.52. The number of pyridine rings is 1. The van der Waals surface area contributed by atoms with E-state index in [1.807, 2.05) is 7.05 Å². The maximum absolute atomic E-state index is 5.84. The fourth-order valence-electron chi connectivity index (χ4n) is 1.55. The third-order valence-electron chi connectivity index (χ3n) is 2.52. The molecule has 0 amide bonds. The van der Waals surface area contributed by atoms with E-state index in [2.05, 4.69) is 34.2 Å². The highest BCUT2D eigenvalue weighted by Crippen LogP contribution is 2.21. The number of rotatable bonds is 6. The molecule has 0 aliphatic carbocycles. The normalized spacial score (nSPS) is 10.8. The van der Waals surface area contributed by atoms with Gasteiger partial charge in [-0.15, -0.1) is 0 Å². The Morgan fingerprint density at radius 3 is 2.85 bits per heavy atom. The van der Waals surface area contributed by atoms with Gasteiger partial charge in [0, 0.05) is 7.05 Å². The van der Waals surface area contributed by atoms with Gasteiger partial charge in [0.25, 0.3) is 0 Å². The number of aryl methyl sites for hydroxylation is 1. The van der Waals surface area contributed by atoms with E-state index in [0.717, 1.165) is 0 Å². The Bertz CT molecular complexity index is 566. The molecule has 108 valence electrons. The summed E-state index contributed by atoms with van der Waals surface area (Å²) < 4.78 is 7.24. The van der Waals surface area contributed by atoms with Crippen molar-refractivity contribution in [2.45, 2.75) is 20.4 Å². The van der Waals surface area contributed by atoms with Crippen LogP contribution in [0.5, 0.6) is 5.88 Å². The van der Waals surface area contributed by atoms with Gasteiger partial charge < -0.3 is 15.8 Å². The largest absolute Gasteiger partial charge is 0.476 e. The molecule has 0 aromatic carbocycles. The van der Waals surface area contributed by atoms with Gasteiger partial charge in [-0.25, -0.2) is 4.98 Å². The van der Waals surface area contributed by atoms with Gasteiger partial charge in [0.05, 0.1) is 18.8 Å². The van der Waals surface area contributed by atoms with Crippen LogP contribution in [0.2, 0.25) is 0 Å². The highest BCUT2D eigenvalue weighted by molar-refractivity contribution is 5.53. The summed E-state index contributed by atoms with van der Waals surface area (Å²) >= 11 is 0. The molecule has 0 fully saturated rings. The molecule has 0 bridgehead atoms. The summed E-state index contributed by atoms with van der Waals surface area (Å²) in [7, 11) is 1.83. The highest BCUT2D eigenvalue weighted by atomic mass is 16.5. The molecule has 0 aliphatic rings. The minimum Gasteiger partial charge on any atom is -0.476 e. The van der Waals surface area contributed by atoms with Crippen molar-refractivity contribution in [2.75, 3.05) is 17.7 Å². The number of nitrogens with zero attached hydrogens (tertiary/aromatic N) is 4. The molecule has 7 nitrogen and oxygen atoms in total. The lowest BCUT2D eigenvalue weighted by atomic mass is 10.2. The lowest BCUT2D eigenvalue weighted by Crippen LogP contribution is -2.09. The molecule has 2 rings (SSSR count). The lowest BCUT2D eigenvalue weighted by Gasteiger charge is -2.11. The van der Waals surface area contributed by atoms with E-state index >= 15 is 0 Å². The lowest BCUT2D eigenvalue weighted by molar-refractivity contribution is 0.263. The molecule has 2 heterocycles. The minimum absolute atomic E-state index is 0.422. The van der Waals surface area contributed by atoms with Crippen LogP contribution in [0.4, 0.5) is 11.5 Å². The average Bonchev–Trinajstić information content (AvgIpc) is 2.82. The third-order valence-corrected chi connectivity index (χ3v) is 2.52. The van der Waals surface area contributed by atoms with Crippen LogP contribution in [0.1, 0.15) is 19.7 Å². The van der Waals surface area contributed by atoms with Crippen LogP contribution in [0, 0.1) is 5.92 Å². The third kappa shape index (κ3) is 3.84. The quantitative estimate of drug-likeness (QED) is 0.829. The van der Waals surface area contributed by atoms with Gasteiger partial charge in [0.2, 0.25) is 5.88 Å². The number of nitrogen functional groups attached to an aromatic ring is 1. The van der Waals surface area contributed by atoms with Crippen LogP contribution in [0.3, 0.4) is 0 Å². The van der Waals surface area contributed by atoms with Gasteiger partial charge >= 0.3 is 0 Å². The van der Waals surface area contributed by atoms with Crippen LogP contribution in [-0.4, -0.2) is 26.4 Å². The Hall–Kier alpha value is -2.31. The Kier molecular flexibility index (Phi) is 4.39. The molecule has 2 aromatic rings. The number of nitrogens with two attached hydrogens (primary N) is 1. The van der Waals surface area contributed by atoms with Crippen molar-refractivity contribution in [3.05, 3.63) is 24.3 Å². The predicted molar refractivity (Wildman–Crippen MR) is 77.3 cm³/mol. The molecule has 0 aliphatic heterocycles. The second-order valence-corrected chi connectivity index (χ2v) is 4.98. The van der Waals surface area contributed by atoms with E-state index in [9.17, 15) is 0 Å². The zero-order valence-corrected chi connectivity index (χ0v) is 12.0. The fraction of sp³-hybridized carbons (Fsp3) is 0.462. The molecular formula is C13H20N6O. The summed E-state index contributed by atoms with van der Waals surface area (Å²) in [5.41, 5.74) is 6.38. The maximum Gasteiger partial charge on any atom is 0.239 e. The molecule has 20 heavy (non-hydrogen) atoms. The van der Waals surface area contributed by atoms with Gasteiger partial charge in [-0.2, -0.15) is 10.1 Å². The molecule has 0 unspecified atom stereocenters. The van der Waals surface area contributed by atoms with E-state index in [1.165, 1.54) is 0 Å². The molecule has 0 spiro atoms. The summed E-state index contributed by atoms with van der Waals surface area (Å²) in [6, 6.07) is 3.58. The minimum atomic E-state index is 0.422. The Balaban J connectivity index is 1.99. The summed E-state index contributed by atoms with van der Waals surface area (Å²) in [5.74, 6) is 2.27. The first kappa shape index (κ1) is 14.1. The molecule has 0 saturated carbocycles. The van der Waals surface area contributed by atoms with Gasteiger partial charge in [-0.1, -0.05) is 13.8 Å². The van der Waals surface area contributed by atoms with Crippen molar-refractivity contribution < 1.29 is 4.74 Å². The SMILES string of the molecule is CC(C)COc1nc(NCc2ncn(C)n2)ccc1N. The number of nitrogens with one attached hydrogen (secondary N) is 1. The molecular weight excluding hydrogens is 256 g/mol. The Labute approximate surface area is 118 Å². The van der Waals surface area contributed by atoms with E-state index in [1.54, 1.807) is 23.1 Å². The first-order chi connectivity index (χ1) is 9.54. The van der Waals surface area contributed by atoms with Crippen molar-refractivity contribution in [3.63, 3.8) is 0 Å². The number of anilines is 2. The van der Waals surface area contributed by atoms with Gasteiger partial charge in [-0.05, 0) is 18.1 Å². The first-order valence-corrected chi connectivity index (χ1v) is 6.52. The second-order valence-electron chi connectivity index (χ2n) is 4.98. The topological polar surface area (TPSA) is 90.9 Å². The Morgan fingerprint density at radius 2 is 2.20 bits per heavy atom. The van der Waals surface area contributed by atoms with Crippen molar-refractivity contribution in [2.24, 2.45) is 13.0 Å². The summed E-state index contributed by atoms with van der Waals surface area (Å²) in [4.78, 5) is 8.48. The van der Waals surface area contributed by atoms with Gasteiger partial charge in [-0.3, -0.25) is 4.68 Å². The predicted octanol–water partition coefficient (Wildman–Crippen LogP) is 1.44. The second kappa shape index (κ2) is 6.23. The van der Waals surface area contributed by atoms with Crippen LogP contribution in [0.15, 0.2) is 18.5 Å². The van der Waals surface area contributed by atoms with Gasteiger partial charge in [0.15, 0.2) is 5.82 Å². The maximum atomic E-state index is 5.84. The van der Waals surface area contributed by atoms with Crippen LogP contribution < -0.4 is 15.8 Å². The van der Waals surface area contributed by atoms with Crippen molar-refractivity contribution in [1.29, 1.82) is 0 Å². The smallest absolute Gasteiger partial charge is 0.239 e. The van der Waals surface area contributed by atoms with Crippen LogP contribution >= 0.6 is 0 Å². The van der Waals surface area contributed by atoms with Crippen molar-refractivity contribution >= 4 is 11.5 Å². The molecule has 7 heteroatoms. The number of ether oxygens (including phenoxy) is 1. The van der Waals surface area contributed by atoms with Crippen LogP contribution in [-0.2, 0) is 13.6 Å². The Morgan fingerprint density at radius 1 is 1.40 bits per heavy atom. The van der Waals surface area contributed by atoms with E-state index in [-0.39, 0.29) is 0 Å². The summed E-state index contributed by atoms with van der Waals surface area (Å²) in [5, 5.41) is 7.33. The molecule has 2 aromatic heterocycles. The molecule has 0 atom stereocenters. The van der Waals surface area contributed by atoms with E-state index < -0.39 is 0 Å². The van der Waals surface area contributed by atoms with E-state index in [4.69, 9.17) is 10.5 Å². The van der Waals surface area contributed by atoms with Crippen molar-refractivity contribution in [1.82, 2.24) is 19.7 Å². The summed E-state index contributed by atoms with van der Waals surface area (Å²) in [6.07, 6.45) is 1.66. The monoisotopic (exact) mass is 276 g/mol. The standard InChI is InChI=1S/C13H20N6O/c1-9(2)7-20-13-10(14)4-5-11(17-13)15-6-12-16-8-19(3)18-12/h4-5,8-9H,6-7,14H2,1-3H3,(H,15,17). The van der Waals surface area contributed by atoms with Crippen LogP contribution in [0.25, 0.3) is 0 Å². The number of hydrogen-bond acceptors (Lipinski definition) is 6. The zero-order chi connectivity index (χ0) is 14.5. The highest BCUT2D eigenvalue weighted by Gasteiger charge is 2.06. The van der Waals surface area contributed by atoms with Crippen molar-refractivity contribution in [3.8, 4) is 5.88 Å². The van der Waals surface area contributed by atoms with E-state index in [0.29, 0.717) is 42.3 Å². The molecule has 0 radical (unpaired) electrons. The zero-order valence-electron chi connectivity index (χ0n) is 12.0. The number of aromatic nitrogens is 4. The molecule has 3 N–H and O–H groups in total. The average molecular weight is 276 g/mol. The van der Waals surface area contributed by atoms with Gasteiger partial charge in [0.1, 0.15) is 12.1 Å². The number of hydrogen-bond donors (Lipinski definition) is 2. The summed E-state index contributed by atoms with van der Waals surface area (Å²) in [6.45, 7) is 5.24. The molecule has 0 saturated heterocycles. The fourth-order valence-corrected chi connectivity index (χ4v) is 1.55.